The van der Waals surface area contributed by atoms with Crippen molar-refractivity contribution in [3.63, 3.8) is 0 Å². The molecule has 3 heterocycles. The summed E-state index contributed by atoms with van der Waals surface area (Å²) in [7, 11) is 0. The average Bonchev–Trinajstić information content (AvgIpc) is 3.47. The van der Waals surface area contributed by atoms with E-state index in [4.69, 9.17) is 11.5 Å². The molecule has 8 nitrogen and oxygen atoms in total. The number of hydrogen-bond acceptors (Lipinski definition) is 8. The smallest absolute Gasteiger partial charge is 0.341 e. The quantitative estimate of drug-likeness (QED) is 0.461. The molecule has 1 aliphatic carbocycles. The highest BCUT2D eigenvalue weighted by molar-refractivity contribution is 7.99. The molecule has 5 rings (SSSR count). The molecule has 12 heteroatoms. The Bertz CT molecular complexity index is 1180. The normalized spacial score (nSPS) is 26.2. The molecule has 1 aromatic heterocycles. The second kappa shape index (κ2) is 10.6. The number of nitrogens with zero attached hydrogens (tertiary/aromatic N) is 2. The fraction of sp³-hybridized carbons (Fsp3) is 0.565. The van der Waals surface area contributed by atoms with Gasteiger partial charge in [0.05, 0.1) is 10.9 Å². The number of carbonyl (C=O) groups is 1. The van der Waals surface area contributed by atoms with Crippen LogP contribution < -0.4 is 27.1 Å². The monoisotopic (exact) mass is 527 g/mol. The van der Waals surface area contributed by atoms with Gasteiger partial charge in [-0.1, -0.05) is 0 Å². The molecule has 0 radical (unpaired) electrons. The highest BCUT2D eigenvalue weighted by Crippen LogP contribution is 2.40. The van der Waals surface area contributed by atoms with Gasteiger partial charge in [-0.3, -0.25) is 4.79 Å². The Morgan fingerprint density at radius 1 is 1.11 bits per heavy atom. The van der Waals surface area contributed by atoms with Gasteiger partial charge in [-0.2, -0.15) is 23.5 Å². The fourth-order valence-electron chi connectivity index (χ4n) is 4.68. The Kier molecular flexibility index (Phi) is 7.96. The van der Waals surface area contributed by atoms with E-state index in [1.54, 1.807) is 16.7 Å². The lowest BCUT2D eigenvalue weighted by atomic mass is 10.1. The van der Waals surface area contributed by atoms with Crippen LogP contribution in [0.3, 0.4) is 0 Å². The number of aromatic carboxylic acids is 1. The maximum atomic E-state index is 15.5. The van der Waals surface area contributed by atoms with Gasteiger partial charge < -0.3 is 31.4 Å². The number of rotatable bonds is 5. The first-order chi connectivity index (χ1) is 16.7. The van der Waals surface area contributed by atoms with Gasteiger partial charge in [0.25, 0.3) is 0 Å². The number of fused-ring (bicyclic) bond motifs is 1. The maximum absolute atomic E-state index is 15.5. The number of thioether (sulfide) groups is 2. The third-order valence-corrected chi connectivity index (χ3v) is 9.01. The third kappa shape index (κ3) is 5.17. The van der Waals surface area contributed by atoms with Crippen molar-refractivity contribution in [2.75, 3.05) is 43.6 Å². The SMILES string of the molecule is CS[C@H]1CN(c2c(F)cc3c(=O)c(C(=O)O)cn(C4CC4)c3c2F)C[C@@H]1N.CS[C@H]1CNC[C@@H]1N. The van der Waals surface area contributed by atoms with E-state index in [1.807, 2.05) is 18.0 Å². The van der Waals surface area contributed by atoms with Gasteiger partial charge in [0.2, 0.25) is 5.43 Å². The molecule has 35 heavy (non-hydrogen) atoms. The minimum Gasteiger partial charge on any atom is -0.477 e. The number of aromatic nitrogens is 1. The highest BCUT2D eigenvalue weighted by atomic mass is 32.2. The van der Waals surface area contributed by atoms with Crippen LogP contribution in [0.4, 0.5) is 14.5 Å². The first kappa shape index (κ1) is 26.2. The molecule has 6 N–H and O–H groups in total. The zero-order valence-electron chi connectivity index (χ0n) is 19.7. The third-order valence-electron chi connectivity index (χ3n) is 6.79. The van der Waals surface area contributed by atoms with Crippen molar-refractivity contribution in [2.24, 2.45) is 11.5 Å². The average molecular weight is 528 g/mol. The Morgan fingerprint density at radius 3 is 2.29 bits per heavy atom. The van der Waals surface area contributed by atoms with Crippen LogP contribution in [0.25, 0.3) is 10.9 Å². The van der Waals surface area contributed by atoms with Crippen LogP contribution >= 0.6 is 23.5 Å². The lowest BCUT2D eigenvalue weighted by Crippen LogP contribution is -2.31. The zero-order chi connectivity index (χ0) is 25.4. The topological polar surface area (TPSA) is 127 Å². The Labute approximate surface area is 210 Å². The minimum absolute atomic E-state index is 0.0370. The van der Waals surface area contributed by atoms with Gasteiger partial charge in [-0.15, -0.1) is 0 Å². The molecule has 0 spiro atoms. The molecule has 2 saturated heterocycles. The largest absolute Gasteiger partial charge is 0.477 e. The van der Waals surface area contributed by atoms with Gasteiger partial charge in [-0.25, -0.2) is 13.6 Å². The molecular weight excluding hydrogens is 496 g/mol. The summed E-state index contributed by atoms with van der Waals surface area (Å²) in [4.78, 5) is 25.4. The van der Waals surface area contributed by atoms with Crippen molar-refractivity contribution in [1.29, 1.82) is 0 Å². The Morgan fingerprint density at radius 2 is 1.80 bits per heavy atom. The van der Waals surface area contributed by atoms with Gasteiger partial charge in [0.1, 0.15) is 17.1 Å². The van der Waals surface area contributed by atoms with E-state index < -0.39 is 28.6 Å². The van der Waals surface area contributed by atoms with Crippen molar-refractivity contribution < 1.29 is 18.7 Å². The molecule has 192 valence electrons. The molecule has 3 fully saturated rings. The summed E-state index contributed by atoms with van der Waals surface area (Å²) in [6.07, 6.45) is 6.70. The number of pyridine rings is 1. The molecular formula is C23H31F2N5O3S2. The van der Waals surface area contributed by atoms with Crippen LogP contribution in [-0.2, 0) is 0 Å². The van der Waals surface area contributed by atoms with Crippen molar-refractivity contribution in [3.05, 3.63) is 39.7 Å². The van der Waals surface area contributed by atoms with E-state index in [0.29, 0.717) is 24.4 Å². The minimum atomic E-state index is -1.41. The standard InChI is InChI=1S/C18H19F2N3O3S.C5H12N2S/c1-27-13-7-22(6-12(13)21)16-11(19)4-9-15(14(16)20)23(8-2-3-8)5-10(17(9)24)18(25)26;1-8-5-3-7-2-4(5)6/h4-5,8,12-13H,2-3,6-7,21H2,1H3,(H,25,26);4-5,7H,2-3,6H2,1H3/t12-,13-;4-,5-/m00/s1. The van der Waals surface area contributed by atoms with Crippen molar-refractivity contribution in [2.45, 2.75) is 41.5 Å². The summed E-state index contributed by atoms with van der Waals surface area (Å²) < 4.78 is 31.8. The van der Waals surface area contributed by atoms with E-state index in [0.717, 1.165) is 32.0 Å². The summed E-state index contributed by atoms with van der Waals surface area (Å²) in [5.41, 5.74) is 10.2. The molecule has 1 aromatic carbocycles. The van der Waals surface area contributed by atoms with Crippen LogP contribution in [0.15, 0.2) is 17.1 Å². The molecule has 2 aliphatic heterocycles. The van der Waals surface area contributed by atoms with Crippen molar-refractivity contribution >= 4 is 46.1 Å². The molecule has 4 atom stereocenters. The summed E-state index contributed by atoms with van der Waals surface area (Å²) in [6, 6.07) is 1.04. The second-order valence-corrected chi connectivity index (χ2v) is 11.3. The van der Waals surface area contributed by atoms with E-state index in [1.165, 1.54) is 10.8 Å². The molecule has 0 amide bonds. The molecule has 0 bridgehead atoms. The first-order valence-corrected chi connectivity index (χ1v) is 14.1. The number of nitrogens with two attached hydrogens (primary N) is 2. The number of halogens is 2. The molecule has 0 unspecified atom stereocenters. The number of hydrogen-bond donors (Lipinski definition) is 4. The van der Waals surface area contributed by atoms with Crippen LogP contribution in [0.1, 0.15) is 29.2 Å². The van der Waals surface area contributed by atoms with E-state index in [-0.39, 0.29) is 33.9 Å². The van der Waals surface area contributed by atoms with Crippen molar-refractivity contribution in [1.82, 2.24) is 9.88 Å². The van der Waals surface area contributed by atoms with Gasteiger partial charge in [0.15, 0.2) is 5.82 Å². The van der Waals surface area contributed by atoms with Gasteiger partial charge >= 0.3 is 5.97 Å². The summed E-state index contributed by atoms with van der Waals surface area (Å²) in [5, 5.41) is 13.0. The van der Waals surface area contributed by atoms with E-state index in [2.05, 4.69) is 11.6 Å². The van der Waals surface area contributed by atoms with E-state index in [9.17, 15) is 19.1 Å². The first-order valence-electron chi connectivity index (χ1n) is 11.5. The predicted molar refractivity (Wildman–Crippen MR) is 139 cm³/mol. The summed E-state index contributed by atoms with van der Waals surface area (Å²) in [5.74, 6) is -3.12. The number of anilines is 1. The number of carboxylic acids is 1. The van der Waals surface area contributed by atoms with Gasteiger partial charge in [0, 0.05) is 61.0 Å². The lowest BCUT2D eigenvalue weighted by Gasteiger charge is -2.22. The van der Waals surface area contributed by atoms with Crippen LogP contribution in [0.2, 0.25) is 0 Å². The number of nitrogens with one attached hydrogen (secondary N) is 1. The van der Waals surface area contributed by atoms with Crippen LogP contribution in [0.5, 0.6) is 0 Å². The maximum Gasteiger partial charge on any atom is 0.341 e. The second-order valence-electron chi connectivity index (χ2n) is 9.17. The summed E-state index contributed by atoms with van der Waals surface area (Å²) in [6.45, 7) is 2.79. The zero-order valence-corrected chi connectivity index (χ0v) is 21.3. The Balaban J connectivity index is 0.000000308. The van der Waals surface area contributed by atoms with Gasteiger partial charge in [-0.05, 0) is 31.4 Å². The molecule has 2 aromatic rings. The Hall–Kier alpha value is -1.86. The fourth-order valence-corrected chi connectivity index (χ4v) is 6.17. The van der Waals surface area contributed by atoms with Crippen molar-refractivity contribution in [3.8, 4) is 0 Å². The summed E-state index contributed by atoms with van der Waals surface area (Å²) >= 11 is 3.40. The lowest BCUT2D eigenvalue weighted by molar-refractivity contribution is 0.0694. The highest BCUT2D eigenvalue weighted by Gasteiger charge is 2.35. The van der Waals surface area contributed by atoms with Crippen LogP contribution in [-0.4, -0.2) is 76.9 Å². The molecule has 1 saturated carbocycles. The van der Waals surface area contributed by atoms with E-state index >= 15 is 4.39 Å². The number of benzene rings is 1. The number of carboxylic acid groups (broad SMARTS) is 1. The van der Waals surface area contributed by atoms with Crippen LogP contribution in [0, 0.1) is 11.6 Å². The predicted octanol–water partition coefficient (Wildman–Crippen LogP) is 1.84. The molecule has 3 aliphatic rings.